The van der Waals surface area contributed by atoms with E-state index < -0.39 is 11.7 Å². The molecule has 23 heavy (non-hydrogen) atoms. The largest absolute Gasteiger partial charge is 0.416 e. The van der Waals surface area contributed by atoms with Gasteiger partial charge in [-0.2, -0.15) is 13.2 Å². The van der Waals surface area contributed by atoms with Gasteiger partial charge in [-0.25, -0.2) is 4.99 Å². The molecule has 7 heteroatoms. The van der Waals surface area contributed by atoms with E-state index in [9.17, 15) is 13.2 Å². The maximum atomic E-state index is 12.6. The second-order valence-corrected chi connectivity index (χ2v) is 6.03. The molecule has 0 radical (unpaired) electrons. The van der Waals surface area contributed by atoms with Crippen LogP contribution >= 0.6 is 0 Å². The van der Waals surface area contributed by atoms with E-state index in [1.165, 1.54) is 0 Å². The standard InChI is InChI=1S/C16H20F3N3O/c17-16(18,19)13-3-1-11(2-4-13)12-9-14(10-12)21-15(20)22-5-7-23-8-6-22/h1-4,12,14H,5-10H2,(H2,20,21). The first kappa shape index (κ1) is 16.1. The Kier molecular flexibility index (Phi) is 4.48. The van der Waals surface area contributed by atoms with Crippen LogP contribution in [-0.4, -0.2) is 43.2 Å². The van der Waals surface area contributed by atoms with Crippen LogP contribution in [0.5, 0.6) is 0 Å². The zero-order valence-electron chi connectivity index (χ0n) is 12.7. The molecule has 1 aliphatic heterocycles. The van der Waals surface area contributed by atoms with Crippen LogP contribution in [-0.2, 0) is 10.9 Å². The molecule has 0 aromatic heterocycles. The number of guanidine groups is 1. The zero-order chi connectivity index (χ0) is 16.4. The topological polar surface area (TPSA) is 50.8 Å². The number of aliphatic imine (C=N–C) groups is 1. The Balaban J connectivity index is 1.54. The Labute approximate surface area is 133 Å². The quantitative estimate of drug-likeness (QED) is 0.671. The summed E-state index contributed by atoms with van der Waals surface area (Å²) in [7, 11) is 0. The van der Waals surface area contributed by atoms with Gasteiger partial charge >= 0.3 is 6.18 Å². The van der Waals surface area contributed by atoms with Crippen LogP contribution in [0.25, 0.3) is 0 Å². The molecule has 2 aliphatic rings. The highest BCUT2D eigenvalue weighted by atomic mass is 19.4. The fraction of sp³-hybridized carbons (Fsp3) is 0.562. The first-order valence-electron chi connectivity index (χ1n) is 7.76. The lowest BCUT2D eigenvalue weighted by atomic mass is 9.76. The van der Waals surface area contributed by atoms with Crippen molar-refractivity contribution >= 4 is 5.96 Å². The van der Waals surface area contributed by atoms with E-state index in [1.54, 1.807) is 12.1 Å². The molecule has 0 bridgehead atoms. The van der Waals surface area contributed by atoms with Crippen molar-refractivity contribution < 1.29 is 17.9 Å². The van der Waals surface area contributed by atoms with Gasteiger partial charge in [-0.15, -0.1) is 0 Å². The van der Waals surface area contributed by atoms with Crippen molar-refractivity contribution in [3.05, 3.63) is 35.4 Å². The molecule has 2 fully saturated rings. The van der Waals surface area contributed by atoms with Gasteiger partial charge in [-0.05, 0) is 36.5 Å². The summed E-state index contributed by atoms with van der Waals surface area (Å²) >= 11 is 0. The van der Waals surface area contributed by atoms with Crippen LogP contribution in [0.15, 0.2) is 29.3 Å². The number of halogens is 3. The van der Waals surface area contributed by atoms with Gasteiger partial charge in [0.2, 0.25) is 0 Å². The monoisotopic (exact) mass is 327 g/mol. The Bertz CT molecular complexity index is 559. The predicted molar refractivity (Wildman–Crippen MR) is 81.2 cm³/mol. The van der Waals surface area contributed by atoms with E-state index in [4.69, 9.17) is 10.5 Å². The summed E-state index contributed by atoms with van der Waals surface area (Å²) in [6, 6.07) is 5.59. The number of nitrogens with zero attached hydrogens (tertiary/aromatic N) is 2. The smallest absolute Gasteiger partial charge is 0.378 e. The first-order chi connectivity index (χ1) is 10.9. The predicted octanol–water partition coefficient (Wildman–Crippen LogP) is 2.60. The zero-order valence-corrected chi connectivity index (χ0v) is 12.7. The van der Waals surface area contributed by atoms with Crippen molar-refractivity contribution in [3.8, 4) is 0 Å². The minimum Gasteiger partial charge on any atom is -0.378 e. The minimum atomic E-state index is -4.28. The maximum absolute atomic E-state index is 12.6. The lowest BCUT2D eigenvalue weighted by Gasteiger charge is -2.35. The third-order valence-electron chi connectivity index (χ3n) is 4.47. The highest BCUT2D eigenvalue weighted by Crippen LogP contribution is 2.40. The summed E-state index contributed by atoms with van der Waals surface area (Å²) in [6.07, 6.45) is -2.62. The van der Waals surface area contributed by atoms with E-state index in [0.29, 0.717) is 19.2 Å². The number of ether oxygens (including phenoxy) is 1. The second kappa shape index (κ2) is 6.39. The van der Waals surface area contributed by atoms with Crippen LogP contribution < -0.4 is 5.73 Å². The number of rotatable bonds is 2. The first-order valence-corrected chi connectivity index (χ1v) is 7.76. The Morgan fingerprint density at radius 1 is 1.13 bits per heavy atom. The number of hydrogen-bond donors (Lipinski definition) is 1. The number of benzene rings is 1. The van der Waals surface area contributed by atoms with Crippen molar-refractivity contribution in [3.63, 3.8) is 0 Å². The van der Waals surface area contributed by atoms with Gasteiger partial charge in [-0.1, -0.05) is 12.1 Å². The molecule has 4 nitrogen and oxygen atoms in total. The molecule has 0 unspecified atom stereocenters. The van der Waals surface area contributed by atoms with Gasteiger partial charge in [0.05, 0.1) is 24.8 Å². The van der Waals surface area contributed by atoms with Crippen molar-refractivity contribution in [2.45, 2.75) is 31.0 Å². The summed E-state index contributed by atoms with van der Waals surface area (Å²) in [4.78, 5) is 6.53. The van der Waals surface area contributed by atoms with Crippen LogP contribution in [0.4, 0.5) is 13.2 Å². The summed E-state index contributed by atoms with van der Waals surface area (Å²) in [5.74, 6) is 0.813. The molecule has 1 saturated heterocycles. The van der Waals surface area contributed by atoms with E-state index in [1.807, 2.05) is 4.90 Å². The molecule has 2 N–H and O–H groups in total. The Morgan fingerprint density at radius 2 is 1.74 bits per heavy atom. The van der Waals surface area contributed by atoms with Crippen molar-refractivity contribution in [1.82, 2.24) is 4.90 Å². The van der Waals surface area contributed by atoms with E-state index in [0.717, 1.165) is 43.6 Å². The molecule has 1 aromatic carbocycles. The van der Waals surface area contributed by atoms with Crippen molar-refractivity contribution in [1.29, 1.82) is 0 Å². The third kappa shape index (κ3) is 3.77. The van der Waals surface area contributed by atoms with Crippen LogP contribution in [0.2, 0.25) is 0 Å². The molecule has 0 atom stereocenters. The SMILES string of the molecule is NC(=NC1CC(c2ccc(C(F)(F)F)cc2)C1)N1CCOCC1. The maximum Gasteiger partial charge on any atom is 0.416 e. The van der Waals surface area contributed by atoms with Gasteiger partial charge < -0.3 is 15.4 Å². The Hall–Kier alpha value is -1.76. The Morgan fingerprint density at radius 3 is 2.30 bits per heavy atom. The van der Waals surface area contributed by atoms with Gasteiger partial charge in [0, 0.05) is 13.1 Å². The number of alkyl halides is 3. The lowest BCUT2D eigenvalue weighted by Crippen LogP contribution is -2.46. The van der Waals surface area contributed by atoms with Gasteiger partial charge in [0.15, 0.2) is 5.96 Å². The highest BCUT2D eigenvalue weighted by Gasteiger charge is 2.33. The third-order valence-corrected chi connectivity index (χ3v) is 4.47. The van der Waals surface area contributed by atoms with Crippen molar-refractivity contribution in [2.75, 3.05) is 26.3 Å². The molecule has 1 heterocycles. The van der Waals surface area contributed by atoms with E-state index in [2.05, 4.69) is 4.99 Å². The molecular weight excluding hydrogens is 307 g/mol. The average molecular weight is 327 g/mol. The lowest BCUT2D eigenvalue weighted by molar-refractivity contribution is -0.137. The highest BCUT2D eigenvalue weighted by molar-refractivity contribution is 5.78. The molecule has 3 rings (SSSR count). The number of nitrogens with two attached hydrogens (primary N) is 1. The molecule has 126 valence electrons. The normalized spacial score (nSPS) is 26.0. The van der Waals surface area contributed by atoms with Crippen LogP contribution in [0.3, 0.4) is 0 Å². The van der Waals surface area contributed by atoms with Crippen LogP contribution in [0, 0.1) is 0 Å². The molecule has 1 aliphatic carbocycles. The van der Waals surface area contributed by atoms with Gasteiger partial charge in [-0.3, -0.25) is 0 Å². The molecule has 0 spiro atoms. The summed E-state index contributed by atoms with van der Waals surface area (Å²) in [6.45, 7) is 2.83. The van der Waals surface area contributed by atoms with Crippen LogP contribution in [0.1, 0.15) is 29.9 Å². The minimum absolute atomic E-state index is 0.158. The molecule has 0 amide bonds. The van der Waals surface area contributed by atoms with Gasteiger partial charge in [0.25, 0.3) is 0 Å². The molecule has 1 aromatic rings. The number of morpholine rings is 1. The molecule has 1 saturated carbocycles. The van der Waals surface area contributed by atoms with E-state index in [-0.39, 0.29) is 12.0 Å². The average Bonchev–Trinajstić information content (AvgIpc) is 2.50. The molecular formula is C16H20F3N3O. The van der Waals surface area contributed by atoms with Crippen molar-refractivity contribution in [2.24, 2.45) is 10.7 Å². The van der Waals surface area contributed by atoms with E-state index >= 15 is 0 Å². The fourth-order valence-corrected chi connectivity index (χ4v) is 2.97. The second-order valence-electron chi connectivity index (χ2n) is 6.03. The fourth-order valence-electron chi connectivity index (χ4n) is 2.97. The summed E-state index contributed by atoms with van der Waals surface area (Å²) in [5.41, 5.74) is 6.34. The summed E-state index contributed by atoms with van der Waals surface area (Å²) in [5, 5.41) is 0. The number of hydrogen-bond acceptors (Lipinski definition) is 2. The summed E-state index contributed by atoms with van der Waals surface area (Å²) < 4.78 is 42.9. The van der Waals surface area contributed by atoms with Gasteiger partial charge in [0.1, 0.15) is 0 Å².